The molecule has 0 bridgehead atoms. The minimum absolute atomic E-state index is 0.0556. The van der Waals surface area contributed by atoms with E-state index in [1.54, 1.807) is 42.5 Å². The molecule has 0 spiro atoms. The van der Waals surface area contributed by atoms with E-state index in [9.17, 15) is 14.7 Å². The van der Waals surface area contributed by atoms with Crippen LogP contribution >= 0.6 is 0 Å². The van der Waals surface area contributed by atoms with Crippen LogP contribution in [0.3, 0.4) is 0 Å². The maximum absolute atomic E-state index is 13.2. The maximum atomic E-state index is 13.2. The van der Waals surface area contributed by atoms with Crippen LogP contribution in [0.15, 0.2) is 83.5 Å². The Balaban J connectivity index is 1.84. The molecule has 6 nitrogen and oxygen atoms in total. The van der Waals surface area contributed by atoms with Crippen molar-refractivity contribution in [1.82, 2.24) is 4.90 Å². The zero-order valence-corrected chi connectivity index (χ0v) is 18.6. The number of rotatable bonds is 7. The summed E-state index contributed by atoms with van der Waals surface area (Å²) >= 11 is 0. The standard InChI is InChI=1S/C27H25NO5/c1-4-13-32-20-11-9-19(10-12-20)24-23(25(29)22-15-17(2)7-8-18(22)3)26(30)27(31)28(24)16-21-6-5-14-33-21/h4-12,14-15,24,29H,1,13,16H2,2-3H3/b25-23+. The van der Waals surface area contributed by atoms with Crippen molar-refractivity contribution in [3.05, 3.63) is 107 Å². The van der Waals surface area contributed by atoms with Crippen molar-refractivity contribution in [2.75, 3.05) is 6.61 Å². The molecule has 1 atom stereocenters. The van der Waals surface area contributed by atoms with Crippen LogP contribution in [0.2, 0.25) is 0 Å². The van der Waals surface area contributed by atoms with E-state index in [1.165, 1.54) is 11.2 Å². The van der Waals surface area contributed by atoms with E-state index in [2.05, 4.69) is 6.58 Å². The van der Waals surface area contributed by atoms with Gasteiger partial charge in [-0.05, 0) is 55.3 Å². The SMILES string of the molecule is C=CCOc1ccc(C2/C(=C(\O)c3cc(C)ccc3C)C(=O)C(=O)N2Cc2ccco2)cc1. The van der Waals surface area contributed by atoms with Crippen LogP contribution in [-0.2, 0) is 16.1 Å². The fourth-order valence-corrected chi connectivity index (χ4v) is 4.00. The van der Waals surface area contributed by atoms with E-state index < -0.39 is 17.7 Å². The van der Waals surface area contributed by atoms with Crippen LogP contribution in [0.25, 0.3) is 5.76 Å². The molecule has 1 aliphatic heterocycles. The van der Waals surface area contributed by atoms with Crippen molar-refractivity contribution in [2.45, 2.75) is 26.4 Å². The number of aliphatic hydroxyl groups is 1. The lowest BCUT2D eigenvalue weighted by Gasteiger charge is -2.25. The van der Waals surface area contributed by atoms with Gasteiger partial charge in [-0.1, -0.05) is 42.5 Å². The quantitative estimate of drug-likeness (QED) is 0.238. The third-order valence-electron chi connectivity index (χ3n) is 5.66. The Labute approximate surface area is 192 Å². The Morgan fingerprint density at radius 2 is 1.91 bits per heavy atom. The highest BCUT2D eigenvalue weighted by Crippen LogP contribution is 2.41. The summed E-state index contributed by atoms with van der Waals surface area (Å²) in [6, 6.07) is 15.4. The average molecular weight is 443 g/mol. The van der Waals surface area contributed by atoms with E-state index in [0.29, 0.717) is 29.2 Å². The van der Waals surface area contributed by atoms with Gasteiger partial charge in [0.15, 0.2) is 0 Å². The molecule has 1 aliphatic rings. The smallest absolute Gasteiger partial charge is 0.296 e. The van der Waals surface area contributed by atoms with Gasteiger partial charge in [-0.15, -0.1) is 0 Å². The third-order valence-corrected chi connectivity index (χ3v) is 5.66. The summed E-state index contributed by atoms with van der Waals surface area (Å²) in [6.07, 6.45) is 3.17. The predicted octanol–water partition coefficient (Wildman–Crippen LogP) is 5.08. The second kappa shape index (κ2) is 9.20. The molecule has 1 saturated heterocycles. The number of benzene rings is 2. The van der Waals surface area contributed by atoms with Crippen molar-refractivity contribution in [3.63, 3.8) is 0 Å². The van der Waals surface area contributed by atoms with Gasteiger partial charge in [0, 0.05) is 5.56 Å². The number of likely N-dealkylation sites (tertiary alicyclic amines) is 1. The number of ether oxygens (including phenoxy) is 1. The second-order valence-corrected chi connectivity index (χ2v) is 7.99. The first-order chi connectivity index (χ1) is 15.9. The number of hydrogen-bond donors (Lipinski definition) is 1. The number of furan rings is 1. The highest BCUT2D eigenvalue weighted by Gasteiger charge is 2.46. The van der Waals surface area contributed by atoms with Crippen molar-refractivity contribution < 1.29 is 23.8 Å². The van der Waals surface area contributed by atoms with Crippen LogP contribution in [0.5, 0.6) is 5.75 Å². The molecule has 1 unspecified atom stereocenters. The van der Waals surface area contributed by atoms with Crippen LogP contribution in [0.1, 0.15) is 34.1 Å². The monoisotopic (exact) mass is 443 g/mol. The van der Waals surface area contributed by atoms with E-state index in [0.717, 1.165) is 11.1 Å². The number of ketones is 1. The molecule has 1 N–H and O–H groups in total. The molecular weight excluding hydrogens is 418 g/mol. The molecule has 0 saturated carbocycles. The van der Waals surface area contributed by atoms with Gasteiger partial charge in [-0.25, -0.2) is 0 Å². The van der Waals surface area contributed by atoms with E-state index in [1.807, 2.05) is 32.0 Å². The summed E-state index contributed by atoms with van der Waals surface area (Å²) in [7, 11) is 0. The summed E-state index contributed by atoms with van der Waals surface area (Å²) in [6.45, 7) is 7.87. The maximum Gasteiger partial charge on any atom is 0.296 e. The number of hydrogen-bond acceptors (Lipinski definition) is 5. The number of nitrogens with zero attached hydrogens (tertiary/aromatic N) is 1. The molecule has 6 heteroatoms. The zero-order chi connectivity index (χ0) is 23.5. The molecule has 4 rings (SSSR count). The van der Waals surface area contributed by atoms with Crippen LogP contribution in [0, 0.1) is 13.8 Å². The van der Waals surface area contributed by atoms with Gasteiger partial charge in [-0.2, -0.15) is 0 Å². The highest BCUT2D eigenvalue weighted by atomic mass is 16.5. The average Bonchev–Trinajstić information content (AvgIpc) is 3.41. The molecule has 0 aliphatic carbocycles. The number of carbonyl (C=O) groups is 2. The highest BCUT2D eigenvalue weighted by molar-refractivity contribution is 6.46. The summed E-state index contributed by atoms with van der Waals surface area (Å²) in [5.74, 6) is -0.420. The number of aryl methyl sites for hydroxylation is 2. The lowest BCUT2D eigenvalue weighted by molar-refractivity contribution is -0.140. The molecule has 0 radical (unpaired) electrons. The van der Waals surface area contributed by atoms with Gasteiger partial charge in [0.1, 0.15) is 23.9 Å². The molecule has 1 fully saturated rings. The van der Waals surface area contributed by atoms with Crippen molar-refractivity contribution >= 4 is 17.4 Å². The van der Waals surface area contributed by atoms with Crippen molar-refractivity contribution in [3.8, 4) is 5.75 Å². The summed E-state index contributed by atoms with van der Waals surface area (Å²) in [5.41, 5.74) is 3.01. The fourth-order valence-electron chi connectivity index (χ4n) is 4.00. The van der Waals surface area contributed by atoms with Gasteiger partial charge < -0.3 is 19.2 Å². The number of carbonyl (C=O) groups excluding carboxylic acids is 2. The van der Waals surface area contributed by atoms with Gasteiger partial charge in [-0.3, -0.25) is 9.59 Å². The van der Waals surface area contributed by atoms with Gasteiger partial charge >= 0.3 is 0 Å². The van der Waals surface area contributed by atoms with E-state index in [-0.39, 0.29) is 17.9 Å². The minimum Gasteiger partial charge on any atom is -0.507 e. The molecule has 168 valence electrons. The summed E-state index contributed by atoms with van der Waals surface area (Å²) in [4.78, 5) is 27.7. The number of Topliss-reactive ketones (excluding diaryl/α,β-unsaturated/α-hetero) is 1. The lowest BCUT2D eigenvalue weighted by atomic mass is 9.93. The second-order valence-electron chi connectivity index (χ2n) is 7.99. The van der Waals surface area contributed by atoms with Crippen LogP contribution in [0.4, 0.5) is 0 Å². The Kier molecular flexibility index (Phi) is 6.18. The molecule has 1 aromatic heterocycles. The minimum atomic E-state index is -0.775. The Bertz CT molecular complexity index is 1220. The molecule has 1 amide bonds. The molecule has 2 heterocycles. The Hall–Kier alpha value is -4.06. The predicted molar refractivity (Wildman–Crippen MR) is 125 cm³/mol. The first kappa shape index (κ1) is 22.1. The molecule has 3 aromatic rings. The summed E-state index contributed by atoms with van der Waals surface area (Å²) in [5, 5.41) is 11.3. The topological polar surface area (TPSA) is 80.0 Å². The lowest BCUT2D eigenvalue weighted by Crippen LogP contribution is -2.29. The van der Waals surface area contributed by atoms with Gasteiger partial charge in [0.25, 0.3) is 11.7 Å². The molecule has 33 heavy (non-hydrogen) atoms. The Morgan fingerprint density at radius 1 is 1.15 bits per heavy atom. The zero-order valence-electron chi connectivity index (χ0n) is 18.6. The number of aliphatic hydroxyl groups excluding tert-OH is 1. The Morgan fingerprint density at radius 3 is 2.58 bits per heavy atom. The van der Waals surface area contributed by atoms with Crippen molar-refractivity contribution in [2.24, 2.45) is 0 Å². The van der Waals surface area contributed by atoms with Crippen molar-refractivity contribution in [1.29, 1.82) is 0 Å². The van der Waals surface area contributed by atoms with Crippen LogP contribution < -0.4 is 4.74 Å². The van der Waals surface area contributed by atoms with Crippen LogP contribution in [-0.4, -0.2) is 28.3 Å². The fraction of sp³-hybridized carbons (Fsp3) is 0.185. The van der Waals surface area contributed by atoms with E-state index >= 15 is 0 Å². The third kappa shape index (κ3) is 4.32. The number of amides is 1. The summed E-state index contributed by atoms with van der Waals surface area (Å²) < 4.78 is 11.0. The van der Waals surface area contributed by atoms with E-state index in [4.69, 9.17) is 9.15 Å². The largest absolute Gasteiger partial charge is 0.507 e. The molecular formula is C27H25NO5. The first-order valence-electron chi connectivity index (χ1n) is 10.6. The first-order valence-corrected chi connectivity index (χ1v) is 10.6. The normalized spacial score (nSPS) is 17.4. The molecule has 2 aromatic carbocycles. The van der Waals surface area contributed by atoms with Gasteiger partial charge in [0.2, 0.25) is 0 Å². The van der Waals surface area contributed by atoms with Gasteiger partial charge in [0.05, 0.1) is 24.4 Å².